The monoisotopic (exact) mass is 515 g/mol. The van der Waals surface area contributed by atoms with Crippen LogP contribution in [0.2, 0.25) is 10.0 Å². The zero-order valence-electron chi connectivity index (χ0n) is 17.9. The molecule has 0 aliphatic carbocycles. The Morgan fingerprint density at radius 3 is 2.41 bits per heavy atom. The van der Waals surface area contributed by atoms with Gasteiger partial charge in [-0.3, -0.25) is 14.5 Å². The predicted octanol–water partition coefficient (Wildman–Crippen LogP) is 6.34. The van der Waals surface area contributed by atoms with Gasteiger partial charge in [0.15, 0.2) is 5.17 Å². The molecule has 4 rings (SSSR count). The Labute approximate surface area is 211 Å². The fourth-order valence-electron chi connectivity index (χ4n) is 3.41. The minimum atomic E-state index is -0.671. The third-order valence-corrected chi connectivity index (χ3v) is 6.70. The highest BCUT2D eigenvalue weighted by atomic mass is 35.5. The van der Waals surface area contributed by atoms with Crippen molar-refractivity contribution < 1.29 is 14.0 Å². The predicted molar refractivity (Wildman–Crippen MR) is 136 cm³/mol. The molecule has 0 radical (unpaired) electrons. The first kappa shape index (κ1) is 24.3. The number of thioether (sulfide) groups is 1. The highest BCUT2D eigenvalue weighted by Crippen LogP contribution is 2.31. The molecule has 1 N–H and O–H groups in total. The van der Waals surface area contributed by atoms with Crippen LogP contribution < -0.4 is 5.32 Å². The summed E-state index contributed by atoms with van der Waals surface area (Å²) < 4.78 is 13.2. The molecule has 1 fully saturated rings. The Morgan fingerprint density at radius 2 is 1.74 bits per heavy atom. The largest absolute Gasteiger partial charge is 0.325 e. The second kappa shape index (κ2) is 11.0. The SMILES string of the molecule is O=C(Nc1cc(Cl)cc(Cl)c1)C1CC(=O)N(CCc2ccc(F)cc2)C(=Nc2ccccc2)S1. The van der Waals surface area contributed by atoms with Crippen LogP contribution in [-0.2, 0) is 16.0 Å². The number of amidine groups is 1. The molecule has 3 aromatic rings. The summed E-state index contributed by atoms with van der Waals surface area (Å²) in [6, 6.07) is 20.2. The fourth-order valence-corrected chi connectivity index (χ4v) is 5.07. The lowest BCUT2D eigenvalue weighted by Gasteiger charge is -2.32. The second-order valence-corrected chi connectivity index (χ2v) is 9.65. The van der Waals surface area contributed by atoms with Gasteiger partial charge in [-0.1, -0.05) is 65.3 Å². The summed E-state index contributed by atoms with van der Waals surface area (Å²) in [7, 11) is 0. The quantitative estimate of drug-likeness (QED) is 0.416. The normalized spacial score (nSPS) is 17.1. The van der Waals surface area contributed by atoms with Crippen LogP contribution in [0, 0.1) is 5.82 Å². The lowest BCUT2D eigenvalue weighted by atomic mass is 10.1. The summed E-state index contributed by atoms with van der Waals surface area (Å²) in [6.07, 6.45) is 0.542. The summed E-state index contributed by atoms with van der Waals surface area (Å²) >= 11 is 13.3. The van der Waals surface area contributed by atoms with Gasteiger partial charge in [-0.25, -0.2) is 9.38 Å². The van der Waals surface area contributed by atoms with E-state index in [0.29, 0.717) is 39.6 Å². The number of hydrogen-bond acceptors (Lipinski definition) is 4. The van der Waals surface area contributed by atoms with E-state index in [1.165, 1.54) is 23.9 Å². The molecule has 1 aliphatic heterocycles. The minimum Gasteiger partial charge on any atom is -0.325 e. The molecule has 174 valence electrons. The molecule has 1 atom stereocenters. The first-order valence-corrected chi connectivity index (χ1v) is 12.1. The molecule has 2 amide bonds. The maximum atomic E-state index is 13.2. The number of anilines is 1. The van der Waals surface area contributed by atoms with Crippen molar-refractivity contribution in [3.8, 4) is 0 Å². The highest BCUT2D eigenvalue weighted by Gasteiger charge is 2.35. The zero-order valence-corrected chi connectivity index (χ0v) is 20.2. The van der Waals surface area contributed by atoms with Crippen LogP contribution in [0.15, 0.2) is 77.8 Å². The van der Waals surface area contributed by atoms with Crippen LogP contribution in [0.25, 0.3) is 0 Å². The molecule has 34 heavy (non-hydrogen) atoms. The lowest BCUT2D eigenvalue weighted by Crippen LogP contribution is -2.46. The van der Waals surface area contributed by atoms with Crippen molar-refractivity contribution in [3.63, 3.8) is 0 Å². The molecule has 0 spiro atoms. The number of rotatable bonds is 6. The standard InChI is InChI=1S/C25H20Cl2FN3O2S/c26-17-12-18(27)14-21(13-17)29-24(33)22-15-23(32)31(11-10-16-6-8-19(28)9-7-16)25(34-22)30-20-4-2-1-3-5-20/h1-9,12-14,22H,10-11,15H2,(H,29,33). The average molecular weight is 516 g/mol. The average Bonchev–Trinajstić information content (AvgIpc) is 2.79. The molecule has 0 aromatic heterocycles. The van der Waals surface area contributed by atoms with Crippen LogP contribution in [0.1, 0.15) is 12.0 Å². The molecule has 9 heteroatoms. The van der Waals surface area contributed by atoms with Gasteiger partial charge in [-0.15, -0.1) is 0 Å². The fraction of sp³-hybridized carbons (Fsp3) is 0.160. The van der Waals surface area contributed by atoms with E-state index in [1.54, 1.807) is 35.2 Å². The zero-order chi connectivity index (χ0) is 24.1. The van der Waals surface area contributed by atoms with E-state index in [4.69, 9.17) is 23.2 Å². The summed E-state index contributed by atoms with van der Waals surface area (Å²) in [4.78, 5) is 32.3. The summed E-state index contributed by atoms with van der Waals surface area (Å²) in [5, 5.41) is 3.35. The van der Waals surface area contributed by atoms with Crippen molar-refractivity contribution >= 4 is 63.3 Å². The van der Waals surface area contributed by atoms with Crippen LogP contribution in [-0.4, -0.2) is 33.7 Å². The third kappa shape index (κ3) is 6.38. The van der Waals surface area contributed by atoms with Crippen molar-refractivity contribution in [2.45, 2.75) is 18.1 Å². The van der Waals surface area contributed by atoms with Crippen molar-refractivity contribution in [1.82, 2.24) is 4.90 Å². The minimum absolute atomic E-state index is 0.0159. The molecule has 3 aromatic carbocycles. The third-order valence-electron chi connectivity index (χ3n) is 5.08. The van der Waals surface area contributed by atoms with Gasteiger partial charge in [0.1, 0.15) is 11.1 Å². The Balaban J connectivity index is 1.54. The number of carbonyl (C=O) groups excluding carboxylic acids is 2. The van der Waals surface area contributed by atoms with Gasteiger partial charge in [-0.05, 0) is 54.4 Å². The van der Waals surface area contributed by atoms with Crippen LogP contribution in [0.5, 0.6) is 0 Å². The van der Waals surface area contributed by atoms with Crippen molar-refractivity contribution in [2.75, 3.05) is 11.9 Å². The van der Waals surface area contributed by atoms with E-state index >= 15 is 0 Å². The Hall–Kier alpha value is -2.87. The number of hydrogen-bond donors (Lipinski definition) is 1. The highest BCUT2D eigenvalue weighted by molar-refractivity contribution is 8.15. The van der Waals surface area contributed by atoms with E-state index in [1.807, 2.05) is 30.3 Å². The molecular formula is C25H20Cl2FN3O2S. The number of aliphatic imine (C=N–C) groups is 1. The molecule has 5 nitrogen and oxygen atoms in total. The van der Waals surface area contributed by atoms with Gasteiger partial charge in [0.25, 0.3) is 0 Å². The summed E-state index contributed by atoms with van der Waals surface area (Å²) in [6.45, 7) is 0.362. The second-order valence-electron chi connectivity index (χ2n) is 7.61. The van der Waals surface area contributed by atoms with Gasteiger partial charge in [0.05, 0.1) is 5.69 Å². The number of carbonyl (C=O) groups is 2. The number of halogens is 3. The van der Waals surface area contributed by atoms with E-state index in [9.17, 15) is 14.0 Å². The molecule has 1 saturated heterocycles. The smallest absolute Gasteiger partial charge is 0.238 e. The molecule has 0 saturated carbocycles. The Kier molecular flexibility index (Phi) is 7.88. The molecule has 0 bridgehead atoms. The topological polar surface area (TPSA) is 61.8 Å². The molecule has 1 aliphatic rings. The first-order valence-electron chi connectivity index (χ1n) is 10.5. The van der Waals surface area contributed by atoms with E-state index in [0.717, 1.165) is 5.56 Å². The van der Waals surface area contributed by atoms with Crippen molar-refractivity contribution in [3.05, 3.63) is 94.2 Å². The maximum absolute atomic E-state index is 13.2. The molecule has 1 heterocycles. The van der Waals surface area contributed by atoms with Gasteiger partial charge in [0, 0.05) is 28.7 Å². The summed E-state index contributed by atoms with van der Waals surface area (Å²) in [5.74, 6) is -0.857. The van der Waals surface area contributed by atoms with Crippen LogP contribution in [0.3, 0.4) is 0 Å². The van der Waals surface area contributed by atoms with E-state index in [-0.39, 0.29) is 24.1 Å². The number of benzene rings is 3. The Bertz CT molecular complexity index is 1200. The van der Waals surface area contributed by atoms with Gasteiger partial charge in [0.2, 0.25) is 11.8 Å². The van der Waals surface area contributed by atoms with Gasteiger partial charge >= 0.3 is 0 Å². The summed E-state index contributed by atoms with van der Waals surface area (Å²) in [5.41, 5.74) is 2.03. The van der Waals surface area contributed by atoms with Crippen LogP contribution in [0.4, 0.5) is 15.8 Å². The van der Waals surface area contributed by atoms with Crippen molar-refractivity contribution in [1.29, 1.82) is 0 Å². The van der Waals surface area contributed by atoms with Crippen molar-refractivity contribution in [2.24, 2.45) is 4.99 Å². The van der Waals surface area contributed by atoms with Gasteiger partial charge in [-0.2, -0.15) is 0 Å². The van der Waals surface area contributed by atoms with E-state index < -0.39 is 5.25 Å². The molecular weight excluding hydrogens is 496 g/mol. The van der Waals surface area contributed by atoms with Gasteiger partial charge < -0.3 is 5.32 Å². The number of para-hydroxylation sites is 1. The number of nitrogens with one attached hydrogen (secondary N) is 1. The maximum Gasteiger partial charge on any atom is 0.238 e. The first-order chi connectivity index (χ1) is 16.4. The molecule has 1 unspecified atom stereocenters. The number of amides is 2. The van der Waals surface area contributed by atoms with Crippen LogP contribution >= 0.6 is 35.0 Å². The van der Waals surface area contributed by atoms with E-state index in [2.05, 4.69) is 10.3 Å². The number of nitrogens with zero attached hydrogens (tertiary/aromatic N) is 2. The lowest BCUT2D eigenvalue weighted by molar-refractivity contribution is -0.129. The Morgan fingerprint density at radius 1 is 1.06 bits per heavy atom.